The minimum absolute atomic E-state index is 0.128. The van der Waals surface area contributed by atoms with Gasteiger partial charge in [-0.3, -0.25) is 5.10 Å². The molecule has 0 aliphatic rings. The Morgan fingerprint density at radius 1 is 1.07 bits per heavy atom. The van der Waals surface area contributed by atoms with E-state index in [2.05, 4.69) is 10.2 Å². The third-order valence-electron chi connectivity index (χ3n) is 4.66. The Balaban J connectivity index is 1.84. The van der Waals surface area contributed by atoms with E-state index in [0.29, 0.717) is 24.1 Å². The van der Waals surface area contributed by atoms with Gasteiger partial charge in [-0.2, -0.15) is 5.10 Å². The van der Waals surface area contributed by atoms with Gasteiger partial charge in [0.25, 0.3) is 0 Å². The third kappa shape index (κ3) is 3.56. The van der Waals surface area contributed by atoms with E-state index in [4.69, 9.17) is 4.74 Å². The smallest absolute Gasteiger partial charge is 0.226 e. The summed E-state index contributed by atoms with van der Waals surface area (Å²) < 4.78 is 46.7. The largest absolute Gasteiger partial charge is 0.490 e. The molecule has 0 spiro atoms. The lowest BCUT2D eigenvalue weighted by Gasteiger charge is -2.11. The fourth-order valence-electron chi connectivity index (χ4n) is 3.22. The van der Waals surface area contributed by atoms with Crippen LogP contribution in [0.2, 0.25) is 0 Å². The van der Waals surface area contributed by atoms with Gasteiger partial charge in [-0.05, 0) is 31.6 Å². The van der Waals surface area contributed by atoms with E-state index in [1.807, 2.05) is 37.2 Å². The van der Waals surface area contributed by atoms with Crippen molar-refractivity contribution in [1.29, 1.82) is 0 Å². The summed E-state index contributed by atoms with van der Waals surface area (Å²) in [4.78, 5) is 2.06. The van der Waals surface area contributed by atoms with Gasteiger partial charge in [-0.25, -0.2) is 12.8 Å². The number of halogens is 1. The minimum atomic E-state index is -3.99. The highest BCUT2D eigenvalue weighted by atomic mass is 32.2. The number of rotatable bonds is 6. The Morgan fingerprint density at radius 3 is 2.62 bits per heavy atom. The van der Waals surface area contributed by atoms with Crippen LogP contribution in [0.4, 0.5) is 4.39 Å². The van der Waals surface area contributed by atoms with Gasteiger partial charge >= 0.3 is 0 Å². The Kier molecular flexibility index (Phi) is 4.97. The zero-order valence-corrected chi connectivity index (χ0v) is 16.8. The maximum atomic E-state index is 14.3. The Morgan fingerprint density at radius 2 is 1.83 bits per heavy atom. The van der Waals surface area contributed by atoms with Crippen molar-refractivity contribution < 1.29 is 17.5 Å². The number of ether oxygens (including phenoxy) is 1. The molecule has 0 unspecified atom stereocenters. The summed E-state index contributed by atoms with van der Waals surface area (Å²) in [5.41, 5.74) is 0.351. The summed E-state index contributed by atoms with van der Waals surface area (Å²) in [5.74, 6) is -0.359. The second-order valence-corrected chi connectivity index (χ2v) is 8.82. The van der Waals surface area contributed by atoms with E-state index >= 15 is 0 Å². The van der Waals surface area contributed by atoms with Crippen LogP contribution in [0.25, 0.3) is 21.7 Å². The van der Waals surface area contributed by atoms with Gasteiger partial charge in [-0.1, -0.05) is 36.4 Å². The van der Waals surface area contributed by atoms with Gasteiger partial charge in [0.2, 0.25) is 9.84 Å². The standard InChI is InChI=1S/C21H20FN3O3S/c1-25(2)10-11-28-18-13-15(22)12-17-20(18)23-24-21(17)29(26,27)19-9-5-7-14-6-3-4-8-16(14)19/h3-9,12-13H,10-11H2,1-2H3,(H,23,24). The van der Waals surface area contributed by atoms with Crippen LogP contribution in [0.3, 0.4) is 0 Å². The highest BCUT2D eigenvalue weighted by Crippen LogP contribution is 2.34. The highest BCUT2D eigenvalue weighted by molar-refractivity contribution is 7.91. The maximum Gasteiger partial charge on any atom is 0.226 e. The predicted octanol–water partition coefficient (Wildman–Crippen LogP) is 3.63. The third-order valence-corrected chi connectivity index (χ3v) is 6.41. The van der Waals surface area contributed by atoms with Crippen LogP contribution in [0.15, 0.2) is 64.5 Å². The van der Waals surface area contributed by atoms with Crippen molar-refractivity contribution >= 4 is 31.5 Å². The number of hydrogen-bond donors (Lipinski definition) is 1. The lowest BCUT2D eigenvalue weighted by atomic mass is 10.1. The van der Waals surface area contributed by atoms with E-state index < -0.39 is 15.7 Å². The summed E-state index contributed by atoms with van der Waals surface area (Å²) in [7, 11) is -0.192. The van der Waals surface area contributed by atoms with Crippen molar-refractivity contribution in [2.45, 2.75) is 9.92 Å². The number of fused-ring (bicyclic) bond motifs is 2. The first-order valence-corrected chi connectivity index (χ1v) is 10.5. The number of sulfone groups is 1. The van der Waals surface area contributed by atoms with Crippen molar-refractivity contribution in [3.05, 3.63) is 60.4 Å². The lowest BCUT2D eigenvalue weighted by molar-refractivity contribution is 0.262. The van der Waals surface area contributed by atoms with Gasteiger partial charge in [0.1, 0.15) is 23.7 Å². The normalized spacial score (nSPS) is 12.1. The number of benzene rings is 3. The van der Waals surface area contributed by atoms with Crippen LogP contribution < -0.4 is 4.74 Å². The Hall–Kier alpha value is -2.97. The van der Waals surface area contributed by atoms with Crippen molar-refractivity contribution in [3.63, 3.8) is 0 Å². The summed E-state index contributed by atoms with van der Waals surface area (Å²) in [6.07, 6.45) is 0. The van der Waals surface area contributed by atoms with E-state index in [1.54, 1.807) is 18.2 Å². The summed E-state index contributed by atoms with van der Waals surface area (Å²) in [6, 6.07) is 14.6. The molecule has 3 aromatic carbocycles. The molecule has 29 heavy (non-hydrogen) atoms. The highest BCUT2D eigenvalue weighted by Gasteiger charge is 2.27. The second-order valence-electron chi connectivity index (χ2n) is 6.99. The molecule has 0 aliphatic carbocycles. The molecule has 0 saturated carbocycles. The number of likely N-dealkylation sites (N-methyl/N-ethyl adjacent to an activating group) is 1. The number of nitrogens with one attached hydrogen (secondary N) is 1. The molecule has 1 aromatic heterocycles. The van der Waals surface area contributed by atoms with Crippen molar-refractivity contribution in [1.82, 2.24) is 15.1 Å². The van der Waals surface area contributed by atoms with E-state index in [-0.39, 0.29) is 21.1 Å². The average Bonchev–Trinajstić information content (AvgIpc) is 3.12. The van der Waals surface area contributed by atoms with Crippen LogP contribution in [-0.2, 0) is 9.84 Å². The Bertz CT molecular complexity index is 1290. The first kappa shape index (κ1) is 19.4. The molecule has 1 N–H and O–H groups in total. The summed E-state index contributed by atoms with van der Waals surface area (Å²) in [5, 5.41) is 8.07. The molecule has 0 bridgehead atoms. The van der Waals surface area contributed by atoms with E-state index in [0.717, 1.165) is 11.5 Å². The number of nitrogens with zero attached hydrogens (tertiary/aromatic N) is 2. The minimum Gasteiger partial charge on any atom is -0.490 e. The molecule has 8 heteroatoms. The number of hydrogen-bond acceptors (Lipinski definition) is 5. The van der Waals surface area contributed by atoms with Gasteiger partial charge in [0.15, 0.2) is 5.03 Å². The number of H-pyrrole nitrogens is 1. The molecule has 0 aliphatic heterocycles. The van der Waals surface area contributed by atoms with Gasteiger partial charge < -0.3 is 9.64 Å². The first-order valence-electron chi connectivity index (χ1n) is 9.06. The van der Waals surface area contributed by atoms with Gasteiger partial charge in [0, 0.05) is 23.4 Å². The topological polar surface area (TPSA) is 75.3 Å². The quantitative estimate of drug-likeness (QED) is 0.522. The number of aromatic nitrogens is 2. The maximum absolute atomic E-state index is 14.3. The molecule has 6 nitrogen and oxygen atoms in total. The van der Waals surface area contributed by atoms with Crippen LogP contribution in [0.1, 0.15) is 0 Å². The SMILES string of the molecule is CN(C)CCOc1cc(F)cc2c(S(=O)(=O)c3cccc4ccccc34)n[nH]c12. The molecule has 1 heterocycles. The lowest BCUT2D eigenvalue weighted by Crippen LogP contribution is -2.19. The molecule has 0 saturated heterocycles. The molecule has 0 amide bonds. The average molecular weight is 413 g/mol. The molecule has 0 atom stereocenters. The van der Waals surface area contributed by atoms with Crippen molar-refractivity contribution in [2.75, 3.05) is 27.2 Å². The molecule has 0 fully saturated rings. The molecular formula is C21H20FN3O3S. The molecule has 4 aromatic rings. The molecular weight excluding hydrogens is 393 g/mol. The summed E-state index contributed by atoms with van der Waals surface area (Å²) >= 11 is 0. The van der Waals surface area contributed by atoms with Crippen molar-refractivity contribution in [2.24, 2.45) is 0 Å². The van der Waals surface area contributed by atoms with Gasteiger partial charge in [0.05, 0.1) is 4.90 Å². The zero-order valence-electron chi connectivity index (χ0n) is 16.0. The van der Waals surface area contributed by atoms with Crippen LogP contribution >= 0.6 is 0 Å². The predicted molar refractivity (Wildman–Crippen MR) is 110 cm³/mol. The summed E-state index contributed by atoms with van der Waals surface area (Å²) in [6.45, 7) is 0.962. The molecule has 0 radical (unpaired) electrons. The van der Waals surface area contributed by atoms with E-state index in [9.17, 15) is 12.8 Å². The number of aromatic amines is 1. The molecule has 4 rings (SSSR count). The fourth-order valence-corrected chi connectivity index (χ4v) is 4.78. The first-order chi connectivity index (χ1) is 13.9. The van der Waals surface area contributed by atoms with E-state index in [1.165, 1.54) is 12.1 Å². The van der Waals surface area contributed by atoms with Crippen LogP contribution in [0, 0.1) is 5.82 Å². The Labute approximate surface area is 167 Å². The zero-order chi connectivity index (χ0) is 20.6. The van der Waals surface area contributed by atoms with Crippen molar-refractivity contribution in [3.8, 4) is 5.75 Å². The monoisotopic (exact) mass is 413 g/mol. The van der Waals surface area contributed by atoms with Crippen LogP contribution in [-0.4, -0.2) is 50.8 Å². The van der Waals surface area contributed by atoms with Gasteiger partial charge in [-0.15, -0.1) is 0 Å². The molecule has 150 valence electrons. The second kappa shape index (κ2) is 7.46. The van der Waals surface area contributed by atoms with Crippen LogP contribution in [0.5, 0.6) is 5.75 Å². The fraction of sp³-hybridized carbons (Fsp3) is 0.190.